The molecule has 6 nitrogen and oxygen atoms in total. The largest absolute Gasteiger partial charge is 0.469 e. The normalized spacial score (nSPS) is 11.0. The Hall–Kier alpha value is -3.32. The van der Waals surface area contributed by atoms with E-state index in [1.165, 1.54) is 11.8 Å². The quantitative estimate of drug-likeness (QED) is 0.451. The van der Waals surface area contributed by atoms with Gasteiger partial charge in [0.05, 0.1) is 23.6 Å². The molecule has 2 heterocycles. The van der Waals surface area contributed by atoms with E-state index in [9.17, 15) is 4.79 Å². The number of carbonyl (C=O) groups is 1. The topological polar surface area (TPSA) is 81.2 Å². The van der Waals surface area contributed by atoms with Crippen LogP contribution in [0.5, 0.6) is 0 Å². The Bertz CT molecular complexity index is 1040. The first-order valence-electron chi connectivity index (χ1n) is 9.11. The average Bonchev–Trinajstić information content (AvgIpc) is 3.40. The van der Waals surface area contributed by atoms with E-state index in [-0.39, 0.29) is 17.7 Å². The van der Waals surface area contributed by atoms with Crippen molar-refractivity contribution < 1.29 is 13.6 Å². The minimum absolute atomic E-state index is 0.119. The molecule has 0 aliphatic rings. The minimum Gasteiger partial charge on any atom is -0.469 e. The van der Waals surface area contributed by atoms with Crippen LogP contribution in [0.4, 0.5) is 0 Å². The van der Waals surface area contributed by atoms with Gasteiger partial charge in [-0.2, -0.15) is 0 Å². The molecule has 4 aromatic rings. The van der Waals surface area contributed by atoms with Crippen LogP contribution in [0.2, 0.25) is 0 Å². The molecule has 2 aromatic heterocycles. The minimum atomic E-state index is -0.225. The van der Waals surface area contributed by atoms with Crippen LogP contribution >= 0.6 is 11.8 Å². The summed E-state index contributed by atoms with van der Waals surface area (Å²) in [6.07, 6.45) is 1.57. The summed E-state index contributed by atoms with van der Waals surface area (Å²) in [6.45, 7) is 1.83. The number of benzene rings is 2. The summed E-state index contributed by atoms with van der Waals surface area (Å²) < 4.78 is 10.9. The molecule has 1 N–H and O–H groups in total. The second-order valence-corrected chi connectivity index (χ2v) is 7.30. The van der Waals surface area contributed by atoms with E-state index in [0.29, 0.717) is 16.9 Å². The van der Waals surface area contributed by atoms with Crippen molar-refractivity contribution in [3.8, 4) is 11.5 Å². The Balaban J connectivity index is 1.43. The highest BCUT2D eigenvalue weighted by molar-refractivity contribution is 7.99. The second-order valence-electron chi connectivity index (χ2n) is 6.37. The molecule has 0 atom stereocenters. The number of hydrogen-bond donors (Lipinski definition) is 1. The van der Waals surface area contributed by atoms with Gasteiger partial charge in [-0.05, 0) is 24.1 Å². The number of amides is 1. The highest BCUT2D eigenvalue weighted by Gasteiger charge is 2.18. The van der Waals surface area contributed by atoms with Gasteiger partial charge in [-0.15, -0.1) is 10.2 Å². The number of nitrogens with zero attached hydrogens (tertiary/aromatic N) is 2. The molecule has 0 fully saturated rings. The molecule has 29 heavy (non-hydrogen) atoms. The average molecular weight is 405 g/mol. The number of carbonyl (C=O) groups excluding carboxylic acids is 1. The SMILES string of the molecule is Cc1occc1-c1nnc(SCC(=O)NC(c2ccccc2)c2ccccc2)o1. The lowest BCUT2D eigenvalue weighted by Gasteiger charge is -2.19. The van der Waals surface area contributed by atoms with E-state index in [4.69, 9.17) is 8.83 Å². The Morgan fingerprint density at radius 1 is 1.00 bits per heavy atom. The molecule has 0 spiro atoms. The first-order valence-corrected chi connectivity index (χ1v) is 10.1. The highest BCUT2D eigenvalue weighted by Crippen LogP contribution is 2.27. The van der Waals surface area contributed by atoms with Crippen LogP contribution < -0.4 is 5.32 Å². The van der Waals surface area contributed by atoms with Gasteiger partial charge in [0.15, 0.2) is 0 Å². The Kier molecular flexibility index (Phi) is 5.76. The van der Waals surface area contributed by atoms with Crippen LogP contribution in [0.25, 0.3) is 11.5 Å². The molecule has 2 aromatic carbocycles. The maximum Gasteiger partial charge on any atom is 0.277 e. The van der Waals surface area contributed by atoms with Crippen LogP contribution in [-0.2, 0) is 4.79 Å². The van der Waals surface area contributed by atoms with Gasteiger partial charge in [0.2, 0.25) is 5.91 Å². The van der Waals surface area contributed by atoms with Gasteiger partial charge in [-0.3, -0.25) is 4.79 Å². The second kappa shape index (κ2) is 8.79. The lowest BCUT2D eigenvalue weighted by Crippen LogP contribution is -2.30. The van der Waals surface area contributed by atoms with Gasteiger partial charge in [-0.25, -0.2) is 0 Å². The van der Waals surface area contributed by atoms with E-state index in [1.807, 2.05) is 67.6 Å². The fourth-order valence-electron chi connectivity index (χ4n) is 2.96. The fraction of sp³-hybridized carbons (Fsp3) is 0.136. The molecule has 0 aliphatic heterocycles. The summed E-state index contributed by atoms with van der Waals surface area (Å²) in [5.41, 5.74) is 2.79. The predicted molar refractivity (Wildman–Crippen MR) is 110 cm³/mol. The van der Waals surface area contributed by atoms with Crippen molar-refractivity contribution in [3.63, 3.8) is 0 Å². The fourth-order valence-corrected chi connectivity index (χ4v) is 3.54. The number of thioether (sulfide) groups is 1. The first kappa shape index (κ1) is 19.0. The first-order chi connectivity index (χ1) is 14.2. The zero-order chi connectivity index (χ0) is 20.1. The summed E-state index contributed by atoms with van der Waals surface area (Å²) >= 11 is 1.20. The van der Waals surface area contributed by atoms with Crippen molar-refractivity contribution in [2.45, 2.75) is 18.2 Å². The molecule has 0 saturated heterocycles. The van der Waals surface area contributed by atoms with Crippen LogP contribution in [0.15, 0.2) is 87.1 Å². The molecule has 0 unspecified atom stereocenters. The summed E-state index contributed by atoms with van der Waals surface area (Å²) in [6, 6.07) is 21.3. The molecular formula is C22H19N3O3S. The number of hydrogen-bond acceptors (Lipinski definition) is 6. The molecule has 0 saturated carbocycles. The van der Waals surface area contributed by atoms with Gasteiger partial charge < -0.3 is 14.2 Å². The van der Waals surface area contributed by atoms with E-state index in [2.05, 4.69) is 15.5 Å². The smallest absolute Gasteiger partial charge is 0.277 e. The van der Waals surface area contributed by atoms with Gasteiger partial charge in [-0.1, -0.05) is 72.4 Å². The molecule has 0 bridgehead atoms. The summed E-state index contributed by atoms with van der Waals surface area (Å²) in [4.78, 5) is 12.6. The lowest BCUT2D eigenvalue weighted by atomic mass is 9.99. The zero-order valence-electron chi connectivity index (χ0n) is 15.7. The van der Waals surface area contributed by atoms with Crippen molar-refractivity contribution in [3.05, 3.63) is 89.9 Å². The van der Waals surface area contributed by atoms with Gasteiger partial charge in [0.25, 0.3) is 11.1 Å². The molecule has 146 valence electrons. The third-order valence-electron chi connectivity index (χ3n) is 4.39. The summed E-state index contributed by atoms with van der Waals surface area (Å²) in [5.74, 6) is 1.14. The Morgan fingerprint density at radius 2 is 1.66 bits per heavy atom. The van der Waals surface area contributed by atoms with Crippen molar-refractivity contribution >= 4 is 17.7 Å². The number of aryl methyl sites for hydroxylation is 1. The third-order valence-corrected chi connectivity index (χ3v) is 5.21. The monoisotopic (exact) mass is 405 g/mol. The molecule has 1 amide bonds. The Labute approximate surface area is 172 Å². The van der Waals surface area contributed by atoms with E-state index in [1.54, 1.807) is 12.3 Å². The van der Waals surface area contributed by atoms with Crippen molar-refractivity contribution in [1.82, 2.24) is 15.5 Å². The number of rotatable bonds is 7. The van der Waals surface area contributed by atoms with Crippen molar-refractivity contribution in [2.75, 3.05) is 5.75 Å². The molecule has 7 heteroatoms. The maximum absolute atomic E-state index is 12.6. The van der Waals surface area contributed by atoms with Crippen LogP contribution in [-0.4, -0.2) is 21.9 Å². The van der Waals surface area contributed by atoms with Crippen LogP contribution in [0, 0.1) is 6.92 Å². The lowest BCUT2D eigenvalue weighted by molar-refractivity contribution is -0.119. The number of furan rings is 1. The molecule has 0 radical (unpaired) electrons. The highest BCUT2D eigenvalue weighted by atomic mass is 32.2. The van der Waals surface area contributed by atoms with Gasteiger partial charge in [0.1, 0.15) is 5.76 Å². The third kappa shape index (κ3) is 4.57. The molecule has 4 rings (SSSR count). The molecule has 0 aliphatic carbocycles. The van der Waals surface area contributed by atoms with E-state index >= 15 is 0 Å². The van der Waals surface area contributed by atoms with Gasteiger partial charge in [0, 0.05) is 0 Å². The van der Waals surface area contributed by atoms with E-state index in [0.717, 1.165) is 16.7 Å². The maximum atomic E-state index is 12.6. The number of nitrogens with one attached hydrogen (secondary N) is 1. The van der Waals surface area contributed by atoms with Gasteiger partial charge >= 0.3 is 0 Å². The van der Waals surface area contributed by atoms with Crippen LogP contribution in [0.3, 0.4) is 0 Å². The molecular weight excluding hydrogens is 386 g/mol. The summed E-state index contributed by atoms with van der Waals surface area (Å²) in [7, 11) is 0. The predicted octanol–water partition coefficient (Wildman–Crippen LogP) is 4.64. The standard InChI is InChI=1S/C22H19N3O3S/c1-15-18(12-13-27-15)21-24-25-22(28-21)29-14-19(26)23-20(16-8-4-2-5-9-16)17-10-6-3-7-11-17/h2-13,20H,14H2,1H3,(H,23,26). The van der Waals surface area contributed by atoms with Crippen molar-refractivity contribution in [2.24, 2.45) is 0 Å². The summed E-state index contributed by atoms with van der Waals surface area (Å²) in [5, 5.41) is 11.5. The van der Waals surface area contributed by atoms with Crippen LogP contribution in [0.1, 0.15) is 22.9 Å². The van der Waals surface area contributed by atoms with Crippen molar-refractivity contribution in [1.29, 1.82) is 0 Å². The zero-order valence-corrected chi connectivity index (χ0v) is 16.6. The number of aromatic nitrogens is 2. The Morgan fingerprint density at radius 3 is 2.24 bits per heavy atom. The van der Waals surface area contributed by atoms with E-state index < -0.39 is 0 Å².